The molecule has 0 saturated heterocycles. The van der Waals surface area contributed by atoms with Gasteiger partial charge in [-0.05, 0) is 13.8 Å². The minimum Gasteiger partial charge on any atom is -0.348 e. The van der Waals surface area contributed by atoms with Gasteiger partial charge in [-0.1, -0.05) is 5.16 Å². The van der Waals surface area contributed by atoms with Gasteiger partial charge in [0.2, 0.25) is 5.89 Å². The molecule has 0 aliphatic carbocycles. The lowest BCUT2D eigenvalue weighted by molar-refractivity contribution is 0.363. The fraction of sp³-hybridized carbons (Fsp3) is 0.444. The molecule has 6 heteroatoms. The third kappa shape index (κ3) is 2.41. The van der Waals surface area contributed by atoms with Crippen molar-refractivity contribution in [2.75, 3.05) is 0 Å². The first kappa shape index (κ1) is 9.85. The number of aromatic amines is 1. The van der Waals surface area contributed by atoms with Gasteiger partial charge in [0, 0.05) is 12.2 Å². The molecule has 15 heavy (non-hydrogen) atoms. The highest BCUT2D eigenvalue weighted by molar-refractivity contribution is 5.07. The molecule has 0 unspecified atom stereocenters. The Balaban J connectivity index is 1.83. The first-order valence-electron chi connectivity index (χ1n) is 4.74. The van der Waals surface area contributed by atoms with Crippen molar-refractivity contribution in [1.82, 2.24) is 25.4 Å². The summed E-state index contributed by atoms with van der Waals surface area (Å²) in [7, 11) is 0. The molecule has 2 heterocycles. The topological polar surface area (TPSA) is 79.6 Å². The SMILES string of the molecule is Cc1noc(CNCc2nc[nH]c2C)n1. The van der Waals surface area contributed by atoms with E-state index in [1.165, 1.54) is 0 Å². The van der Waals surface area contributed by atoms with Crippen molar-refractivity contribution in [2.45, 2.75) is 26.9 Å². The highest BCUT2D eigenvalue weighted by atomic mass is 16.5. The van der Waals surface area contributed by atoms with Crippen molar-refractivity contribution in [2.24, 2.45) is 0 Å². The number of aryl methyl sites for hydroxylation is 2. The van der Waals surface area contributed by atoms with Crippen LogP contribution in [0, 0.1) is 13.8 Å². The molecule has 80 valence electrons. The second-order valence-electron chi connectivity index (χ2n) is 3.31. The van der Waals surface area contributed by atoms with Gasteiger partial charge in [-0.3, -0.25) is 0 Å². The van der Waals surface area contributed by atoms with E-state index in [0.29, 0.717) is 24.8 Å². The number of hydrogen-bond donors (Lipinski definition) is 2. The van der Waals surface area contributed by atoms with E-state index in [1.54, 1.807) is 13.3 Å². The van der Waals surface area contributed by atoms with Gasteiger partial charge in [0.1, 0.15) is 0 Å². The molecule has 6 nitrogen and oxygen atoms in total. The summed E-state index contributed by atoms with van der Waals surface area (Å²) < 4.78 is 4.96. The van der Waals surface area contributed by atoms with Crippen molar-refractivity contribution in [3.63, 3.8) is 0 Å². The van der Waals surface area contributed by atoms with Crippen LogP contribution in [0.5, 0.6) is 0 Å². The highest BCUT2D eigenvalue weighted by Gasteiger charge is 2.03. The molecule has 0 amide bonds. The first-order chi connectivity index (χ1) is 7.25. The van der Waals surface area contributed by atoms with Crippen LogP contribution in [0.25, 0.3) is 0 Å². The van der Waals surface area contributed by atoms with Crippen LogP contribution in [0.2, 0.25) is 0 Å². The largest absolute Gasteiger partial charge is 0.348 e. The molecule has 0 fully saturated rings. The predicted molar refractivity (Wildman–Crippen MR) is 52.9 cm³/mol. The molecule has 0 aliphatic rings. The maximum atomic E-state index is 4.96. The molecule has 2 aromatic rings. The van der Waals surface area contributed by atoms with E-state index in [9.17, 15) is 0 Å². The number of aromatic nitrogens is 4. The van der Waals surface area contributed by atoms with E-state index in [0.717, 1.165) is 11.4 Å². The van der Waals surface area contributed by atoms with E-state index >= 15 is 0 Å². The lowest BCUT2D eigenvalue weighted by Crippen LogP contribution is -2.13. The van der Waals surface area contributed by atoms with Gasteiger partial charge in [-0.2, -0.15) is 4.98 Å². The van der Waals surface area contributed by atoms with Crippen molar-refractivity contribution >= 4 is 0 Å². The van der Waals surface area contributed by atoms with Crippen LogP contribution >= 0.6 is 0 Å². The average molecular weight is 207 g/mol. The van der Waals surface area contributed by atoms with Crippen LogP contribution < -0.4 is 5.32 Å². The number of hydrogen-bond acceptors (Lipinski definition) is 5. The summed E-state index contributed by atoms with van der Waals surface area (Å²) >= 11 is 0. The second-order valence-corrected chi connectivity index (χ2v) is 3.31. The van der Waals surface area contributed by atoms with Crippen molar-refractivity contribution in [3.8, 4) is 0 Å². The Bertz CT molecular complexity index is 433. The Morgan fingerprint density at radius 1 is 1.40 bits per heavy atom. The van der Waals surface area contributed by atoms with Gasteiger partial charge in [0.05, 0.1) is 18.6 Å². The summed E-state index contributed by atoms with van der Waals surface area (Å²) in [5.41, 5.74) is 2.08. The van der Waals surface area contributed by atoms with Crippen LogP contribution in [-0.2, 0) is 13.1 Å². The van der Waals surface area contributed by atoms with E-state index < -0.39 is 0 Å². The predicted octanol–water partition coefficient (Wildman–Crippen LogP) is 0.699. The number of rotatable bonds is 4. The van der Waals surface area contributed by atoms with Gasteiger partial charge < -0.3 is 14.8 Å². The van der Waals surface area contributed by atoms with E-state index in [2.05, 4.69) is 25.4 Å². The molecule has 0 spiro atoms. The highest BCUT2D eigenvalue weighted by Crippen LogP contribution is 2.00. The Hall–Kier alpha value is -1.69. The lowest BCUT2D eigenvalue weighted by Gasteiger charge is -1.99. The molecule has 0 atom stereocenters. The van der Waals surface area contributed by atoms with Crippen LogP contribution in [0.15, 0.2) is 10.9 Å². The Morgan fingerprint density at radius 3 is 2.87 bits per heavy atom. The normalized spacial score (nSPS) is 10.8. The number of imidazole rings is 1. The summed E-state index contributed by atoms with van der Waals surface area (Å²) in [6.07, 6.45) is 1.68. The Labute approximate surface area is 87.1 Å². The molecule has 0 radical (unpaired) electrons. The zero-order valence-electron chi connectivity index (χ0n) is 8.74. The number of nitrogens with zero attached hydrogens (tertiary/aromatic N) is 3. The van der Waals surface area contributed by atoms with Gasteiger partial charge >= 0.3 is 0 Å². The first-order valence-corrected chi connectivity index (χ1v) is 4.74. The molecule has 0 aromatic carbocycles. The zero-order chi connectivity index (χ0) is 10.7. The fourth-order valence-corrected chi connectivity index (χ4v) is 1.27. The molecule has 2 rings (SSSR count). The molecular weight excluding hydrogens is 194 g/mol. The van der Waals surface area contributed by atoms with E-state index in [4.69, 9.17) is 4.52 Å². The van der Waals surface area contributed by atoms with Crippen molar-refractivity contribution in [3.05, 3.63) is 29.4 Å². The maximum Gasteiger partial charge on any atom is 0.240 e. The number of nitrogens with one attached hydrogen (secondary N) is 2. The maximum absolute atomic E-state index is 4.96. The van der Waals surface area contributed by atoms with Crippen LogP contribution in [0.3, 0.4) is 0 Å². The summed E-state index contributed by atoms with van der Waals surface area (Å²) in [4.78, 5) is 11.3. The lowest BCUT2D eigenvalue weighted by atomic mass is 10.3. The molecular formula is C9H13N5O. The molecule has 0 bridgehead atoms. The summed E-state index contributed by atoms with van der Waals surface area (Å²) in [6, 6.07) is 0. The molecule has 2 aromatic heterocycles. The van der Waals surface area contributed by atoms with E-state index in [1.807, 2.05) is 6.92 Å². The van der Waals surface area contributed by atoms with Crippen LogP contribution in [0.1, 0.15) is 23.1 Å². The quantitative estimate of drug-likeness (QED) is 0.771. The monoisotopic (exact) mass is 207 g/mol. The van der Waals surface area contributed by atoms with E-state index in [-0.39, 0.29) is 0 Å². The minimum absolute atomic E-state index is 0.563. The standard InChI is InChI=1S/C9H13N5O/c1-6-8(12-5-11-6)3-10-4-9-13-7(2)14-15-9/h5,10H,3-4H2,1-2H3,(H,11,12). The second kappa shape index (κ2) is 4.22. The Kier molecular flexibility index (Phi) is 2.77. The third-order valence-electron chi connectivity index (χ3n) is 2.07. The fourth-order valence-electron chi connectivity index (χ4n) is 1.27. The number of H-pyrrole nitrogens is 1. The molecule has 0 saturated carbocycles. The van der Waals surface area contributed by atoms with Crippen molar-refractivity contribution in [1.29, 1.82) is 0 Å². The van der Waals surface area contributed by atoms with Crippen LogP contribution in [0.4, 0.5) is 0 Å². The summed E-state index contributed by atoms with van der Waals surface area (Å²) in [6.45, 7) is 5.04. The molecule has 0 aliphatic heterocycles. The zero-order valence-corrected chi connectivity index (χ0v) is 8.74. The van der Waals surface area contributed by atoms with Gasteiger partial charge in [0.25, 0.3) is 0 Å². The minimum atomic E-state index is 0.563. The Morgan fingerprint density at radius 2 is 2.27 bits per heavy atom. The summed E-state index contributed by atoms with van der Waals surface area (Å²) in [5, 5.41) is 6.88. The third-order valence-corrected chi connectivity index (χ3v) is 2.07. The van der Waals surface area contributed by atoms with Gasteiger partial charge in [-0.25, -0.2) is 4.98 Å². The summed E-state index contributed by atoms with van der Waals surface area (Å²) in [5.74, 6) is 1.25. The van der Waals surface area contributed by atoms with Gasteiger partial charge in [0.15, 0.2) is 5.82 Å². The molecule has 2 N–H and O–H groups in total. The smallest absolute Gasteiger partial charge is 0.240 e. The van der Waals surface area contributed by atoms with Crippen molar-refractivity contribution < 1.29 is 4.52 Å². The van der Waals surface area contributed by atoms with Gasteiger partial charge in [-0.15, -0.1) is 0 Å². The van der Waals surface area contributed by atoms with Crippen LogP contribution in [-0.4, -0.2) is 20.1 Å². The average Bonchev–Trinajstić information content (AvgIpc) is 2.77.